The van der Waals surface area contributed by atoms with Crippen molar-refractivity contribution in [3.05, 3.63) is 93.2 Å². The summed E-state index contributed by atoms with van der Waals surface area (Å²) in [6.45, 7) is -0.276. The summed E-state index contributed by atoms with van der Waals surface area (Å²) in [5, 5.41) is 26.2. The summed E-state index contributed by atoms with van der Waals surface area (Å²) in [5.41, 5.74) is 0.847. The third kappa shape index (κ3) is 6.94. The van der Waals surface area contributed by atoms with Gasteiger partial charge in [0.05, 0.1) is 16.1 Å². The SMILES string of the molecule is O=C(NCc1cccc(O)c1)c1ccc(C(=O)N[C@@H](CNC(=O)c2cccnc2Cl)C(=O)O)c(Cl)c1. The Morgan fingerprint density at radius 1 is 0.889 bits per heavy atom. The highest BCUT2D eigenvalue weighted by Gasteiger charge is 2.24. The van der Waals surface area contributed by atoms with E-state index in [-0.39, 0.29) is 39.2 Å². The van der Waals surface area contributed by atoms with Gasteiger partial charge in [-0.2, -0.15) is 0 Å². The molecule has 0 aliphatic heterocycles. The highest BCUT2D eigenvalue weighted by atomic mass is 35.5. The number of aliphatic carboxylic acids is 1. The van der Waals surface area contributed by atoms with Crippen molar-refractivity contribution in [3.8, 4) is 5.75 Å². The smallest absolute Gasteiger partial charge is 0.328 e. The number of rotatable bonds is 9. The molecule has 3 aromatic rings. The van der Waals surface area contributed by atoms with E-state index in [2.05, 4.69) is 20.9 Å². The van der Waals surface area contributed by atoms with Crippen molar-refractivity contribution in [3.63, 3.8) is 0 Å². The van der Waals surface area contributed by atoms with Gasteiger partial charge >= 0.3 is 5.97 Å². The molecule has 0 bridgehead atoms. The summed E-state index contributed by atoms with van der Waals surface area (Å²) in [6.07, 6.45) is 1.40. The molecule has 3 rings (SSSR count). The lowest BCUT2D eigenvalue weighted by Crippen LogP contribution is -2.48. The topological polar surface area (TPSA) is 158 Å². The third-order valence-corrected chi connectivity index (χ3v) is 5.53. The summed E-state index contributed by atoms with van der Waals surface area (Å²) in [7, 11) is 0. The number of hydrogen-bond donors (Lipinski definition) is 5. The third-order valence-electron chi connectivity index (χ3n) is 4.91. The fourth-order valence-corrected chi connectivity index (χ4v) is 3.54. The van der Waals surface area contributed by atoms with Crippen molar-refractivity contribution in [2.24, 2.45) is 0 Å². The van der Waals surface area contributed by atoms with Gasteiger partial charge in [0.15, 0.2) is 0 Å². The molecule has 1 atom stereocenters. The zero-order valence-electron chi connectivity index (χ0n) is 18.5. The molecule has 5 N–H and O–H groups in total. The number of benzene rings is 2. The van der Waals surface area contributed by atoms with Gasteiger partial charge in [-0.25, -0.2) is 9.78 Å². The molecule has 0 unspecified atom stereocenters. The van der Waals surface area contributed by atoms with Crippen LogP contribution in [0.25, 0.3) is 0 Å². The number of hydrogen-bond acceptors (Lipinski definition) is 6. The first-order valence-corrected chi connectivity index (χ1v) is 11.2. The Morgan fingerprint density at radius 3 is 2.33 bits per heavy atom. The fraction of sp³-hybridized carbons (Fsp3) is 0.125. The number of nitrogens with one attached hydrogen (secondary N) is 3. The monoisotopic (exact) mass is 530 g/mol. The Labute approximate surface area is 215 Å². The van der Waals surface area contributed by atoms with Crippen molar-refractivity contribution in [1.29, 1.82) is 0 Å². The minimum absolute atomic E-state index is 0.0515. The van der Waals surface area contributed by atoms with Gasteiger partial charge in [0.1, 0.15) is 16.9 Å². The molecule has 0 aliphatic rings. The molecule has 0 spiro atoms. The molecule has 3 amide bonds. The van der Waals surface area contributed by atoms with Crippen LogP contribution in [-0.2, 0) is 11.3 Å². The number of carbonyl (C=O) groups is 4. The molecule has 1 heterocycles. The van der Waals surface area contributed by atoms with Crippen LogP contribution in [0.2, 0.25) is 10.2 Å². The van der Waals surface area contributed by atoms with Crippen LogP contribution in [0, 0.1) is 0 Å². The van der Waals surface area contributed by atoms with Crippen molar-refractivity contribution in [2.75, 3.05) is 6.54 Å². The number of pyridine rings is 1. The molecule has 0 saturated carbocycles. The maximum absolute atomic E-state index is 12.6. The number of halogens is 2. The van der Waals surface area contributed by atoms with Crippen LogP contribution in [0.5, 0.6) is 5.75 Å². The molecule has 0 saturated heterocycles. The van der Waals surface area contributed by atoms with Crippen LogP contribution in [0.1, 0.15) is 36.6 Å². The summed E-state index contributed by atoms with van der Waals surface area (Å²) in [5.74, 6) is -3.26. The number of carbonyl (C=O) groups excluding carboxylic acids is 3. The average molecular weight is 531 g/mol. The minimum atomic E-state index is -1.47. The van der Waals surface area contributed by atoms with Gasteiger partial charge in [0.2, 0.25) is 0 Å². The summed E-state index contributed by atoms with van der Waals surface area (Å²) in [4.78, 5) is 52.7. The van der Waals surface area contributed by atoms with Crippen LogP contribution in [0.15, 0.2) is 60.8 Å². The minimum Gasteiger partial charge on any atom is -0.508 e. The van der Waals surface area contributed by atoms with E-state index < -0.39 is 36.3 Å². The molecule has 0 radical (unpaired) electrons. The Morgan fingerprint density at radius 2 is 1.67 bits per heavy atom. The second kappa shape index (κ2) is 12.0. The second-order valence-electron chi connectivity index (χ2n) is 7.46. The lowest BCUT2D eigenvalue weighted by Gasteiger charge is -2.16. The van der Waals surface area contributed by atoms with E-state index in [0.717, 1.165) is 0 Å². The Hall–Kier alpha value is -4.15. The number of phenols is 1. The molecule has 10 nitrogen and oxygen atoms in total. The number of phenolic OH excluding ortho intramolecular Hbond substituents is 1. The summed E-state index contributed by atoms with van der Waals surface area (Å²) < 4.78 is 0. The molecule has 2 aromatic carbocycles. The Bertz CT molecular complexity index is 1320. The predicted molar refractivity (Wildman–Crippen MR) is 131 cm³/mol. The van der Waals surface area contributed by atoms with Gasteiger partial charge in [0, 0.05) is 24.8 Å². The maximum Gasteiger partial charge on any atom is 0.328 e. The van der Waals surface area contributed by atoms with E-state index in [1.165, 1.54) is 48.7 Å². The van der Waals surface area contributed by atoms with E-state index in [1.54, 1.807) is 12.1 Å². The van der Waals surface area contributed by atoms with Gasteiger partial charge in [-0.3, -0.25) is 14.4 Å². The van der Waals surface area contributed by atoms with Crippen molar-refractivity contribution in [2.45, 2.75) is 12.6 Å². The highest BCUT2D eigenvalue weighted by Crippen LogP contribution is 2.19. The van der Waals surface area contributed by atoms with Gasteiger partial charge in [-0.1, -0.05) is 35.3 Å². The first-order chi connectivity index (χ1) is 17.2. The zero-order chi connectivity index (χ0) is 26.2. The standard InChI is InChI=1S/C24H20Cl2N4O6/c25-18-10-14(21(32)28-11-13-3-1-4-15(31)9-13)6-7-16(18)23(34)30-19(24(35)36)12-29-22(33)17-5-2-8-27-20(17)26/h1-10,19,31H,11-12H2,(H,28,32)(H,29,33)(H,30,34)(H,35,36)/t19-/m0/s1. The number of aromatic nitrogens is 1. The van der Waals surface area contributed by atoms with Crippen LogP contribution < -0.4 is 16.0 Å². The van der Waals surface area contributed by atoms with Crippen LogP contribution >= 0.6 is 23.2 Å². The Balaban J connectivity index is 1.61. The van der Waals surface area contributed by atoms with E-state index in [4.69, 9.17) is 23.2 Å². The van der Waals surface area contributed by atoms with Crippen LogP contribution in [-0.4, -0.2) is 51.5 Å². The molecule has 36 heavy (non-hydrogen) atoms. The maximum atomic E-state index is 12.6. The zero-order valence-corrected chi connectivity index (χ0v) is 20.0. The molecular formula is C24H20Cl2N4O6. The van der Waals surface area contributed by atoms with E-state index in [9.17, 15) is 29.4 Å². The molecule has 12 heteroatoms. The van der Waals surface area contributed by atoms with E-state index in [1.807, 2.05) is 0 Å². The first-order valence-electron chi connectivity index (χ1n) is 10.4. The summed E-state index contributed by atoms with van der Waals surface area (Å²) in [6, 6.07) is 11.7. The van der Waals surface area contributed by atoms with Gasteiger partial charge in [-0.05, 0) is 48.0 Å². The lowest BCUT2D eigenvalue weighted by atomic mass is 10.1. The number of nitrogens with zero attached hydrogens (tertiary/aromatic N) is 1. The lowest BCUT2D eigenvalue weighted by molar-refractivity contribution is -0.139. The number of carboxylic acid groups (broad SMARTS) is 1. The Kier molecular flexibility index (Phi) is 8.82. The molecule has 186 valence electrons. The molecule has 1 aromatic heterocycles. The van der Waals surface area contributed by atoms with E-state index >= 15 is 0 Å². The van der Waals surface area contributed by atoms with Crippen LogP contribution in [0.4, 0.5) is 0 Å². The van der Waals surface area contributed by atoms with E-state index in [0.29, 0.717) is 5.56 Å². The first kappa shape index (κ1) is 26.5. The molecule has 0 aliphatic carbocycles. The molecular weight excluding hydrogens is 511 g/mol. The largest absolute Gasteiger partial charge is 0.508 e. The van der Waals surface area contributed by atoms with Crippen molar-refractivity contribution >= 4 is 46.9 Å². The quantitative estimate of drug-likeness (QED) is 0.266. The van der Waals surface area contributed by atoms with Gasteiger partial charge in [-0.15, -0.1) is 0 Å². The van der Waals surface area contributed by atoms with Crippen molar-refractivity contribution < 1.29 is 29.4 Å². The highest BCUT2D eigenvalue weighted by molar-refractivity contribution is 6.34. The predicted octanol–water partition coefficient (Wildman–Crippen LogP) is 2.64. The van der Waals surface area contributed by atoms with Crippen molar-refractivity contribution in [1.82, 2.24) is 20.9 Å². The molecule has 0 fully saturated rings. The van der Waals surface area contributed by atoms with Gasteiger partial charge in [0.25, 0.3) is 17.7 Å². The fourth-order valence-electron chi connectivity index (χ4n) is 3.07. The summed E-state index contributed by atoms with van der Waals surface area (Å²) >= 11 is 12.0. The number of aromatic hydroxyl groups is 1. The van der Waals surface area contributed by atoms with Crippen LogP contribution in [0.3, 0.4) is 0 Å². The van der Waals surface area contributed by atoms with Gasteiger partial charge < -0.3 is 26.2 Å². The number of carboxylic acids is 1. The average Bonchev–Trinajstić information content (AvgIpc) is 2.84. The number of amides is 3. The normalized spacial score (nSPS) is 11.3. The second-order valence-corrected chi connectivity index (χ2v) is 8.23.